The van der Waals surface area contributed by atoms with E-state index in [0.29, 0.717) is 5.96 Å². The van der Waals surface area contributed by atoms with E-state index in [1.54, 1.807) is 0 Å². The fraction of sp³-hybridized carbons (Fsp3) is 0.385. The van der Waals surface area contributed by atoms with Crippen LogP contribution in [0, 0.1) is 0 Å². The molecule has 98 valence electrons. The number of aliphatic imine (C=N–C) groups is 1. The Hall–Kier alpha value is -2.04. The minimum absolute atomic E-state index is 0.0180. The van der Waals surface area contributed by atoms with E-state index >= 15 is 0 Å². The first-order valence-corrected chi connectivity index (χ1v) is 6.03. The molecule has 1 unspecified atom stereocenters. The van der Waals surface area contributed by atoms with Crippen molar-refractivity contribution in [2.45, 2.75) is 26.3 Å². The molecule has 18 heavy (non-hydrogen) atoms. The number of rotatable bonds is 5. The zero-order valence-corrected chi connectivity index (χ0v) is 10.8. The Balaban J connectivity index is 2.39. The van der Waals surface area contributed by atoms with Gasteiger partial charge in [0.15, 0.2) is 5.96 Å². The monoisotopic (exact) mass is 248 g/mol. The highest BCUT2D eigenvalue weighted by molar-refractivity contribution is 5.93. The topological polar surface area (TPSA) is 79.5 Å². The Labute approximate surface area is 107 Å². The molecule has 1 rings (SSSR count). The number of anilines is 1. The molecule has 5 nitrogen and oxygen atoms in total. The van der Waals surface area contributed by atoms with Gasteiger partial charge in [0.1, 0.15) is 6.54 Å². The summed E-state index contributed by atoms with van der Waals surface area (Å²) < 4.78 is 0. The number of amides is 1. The summed E-state index contributed by atoms with van der Waals surface area (Å²) in [6.07, 6.45) is 0.951. The summed E-state index contributed by atoms with van der Waals surface area (Å²) in [4.78, 5) is 15.6. The van der Waals surface area contributed by atoms with Gasteiger partial charge in [0.2, 0.25) is 5.91 Å². The molecule has 0 heterocycles. The molecule has 0 aliphatic rings. The molecule has 0 saturated heterocycles. The normalized spacial score (nSPS) is 12.9. The summed E-state index contributed by atoms with van der Waals surface area (Å²) in [6.45, 7) is 4.07. The summed E-state index contributed by atoms with van der Waals surface area (Å²) in [7, 11) is 0. The molecular weight excluding hydrogens is 228 g/mol. The van der Waals surface area contributed by atoms with Crippen LogP contribution in [-0.2, 0) is 4.79 Å². The van der Waals surface area contributed by atoms with E-state index in [2.05, 4.69) is 15.6 Å². The van der Waals surface area contributed by atoms with Gasteiger partial charge in [0.25, 0.3) is 0 Å². The summed E-state index contributed by atoms with van der Waals surface area (Å²) in [6, 6.07) is 9.51. The van der Waals surface area contributed by atoms with Crippen molar-refractivity contribution in [1.29, 1.82) is 0 Å². The maximum atomic E-state index is 11.6. The van der Waals surface area contributed by atoms with Gasteiger partial charge in [-0.25, -0.2) is 4.99 Å². The van der Waals surface area contributed by atoms with Crippen LogP contribution in [0.3, 0.4) is 0 Å². The molecule has 1 aromatic rings. The van der Waals surface area contributed by atoms with Crippen LogP contribution < -0.4 is 16.4 Å². The standard InChI is InChI=1S/C13H20N4O/c1-3-10(2)16-13(14)15-9-12(18)17-11-7-5-4-6-8-11/h4-8,10H,3,9H2,1-2H3,(H,17,18)(H3,14,15,16). The minimum Gasteiger partial charge on any atom is -0.370 e. The smallest absolute Gasteiger partial charge is 0.246 e. The fourth-order valence-corrected chi connectivity index (χ4v) is 1.28. The first-order valence-electron chi connectivity index (χ1n) is 6.03. The van der Waals surface area contributed by atoms with Crippen LogP contribution in [0.15, 0.2) is 35.3 Å². The highest BCUT2D eigenvalue weighted by Gasteiger charge is 2.02. The molecule has 0 spiro atoms. The van der Waals surface area contributed by atoms with E-state index in [9.17, 15) is 4.79 Å². The number of hydrogen-bond acceptors (Lipinski definition) is 2. The van der Waals surface area contributed by atoms with Gasteiger partial charge in [-0.05, 0) is 25.5 Å². The van der Waals surface area contributed by atoms with Gasteiger partial charge in [-0.3, -0.25) is 4.79 Å². The zero-order valence-electron chi connectivity index (χ0n) is 10.8. The number of para-hydroxylation sites is 1. The van der Waals surface area contributed by atoms with Gasteiger partial charge >= 0.3 is 0 Å². The first-order chi connectivity index (χ1) is 8.61. The van der Waals surface area contributed by atoms with Crippen molar-refractivity contribution in [2.75, 3.05) is 11.9 Å². The molecule has 0 aliphatic heterocycles. The fourth-order valence-electron chi connectivity index (χ4n) is 1.28. The number of nitrogens with zero attached hydrogens (tertiary/aromatic N) is 1. The molecule has 1 aromatic carbocycles. The predicted molar refractivity (Wildman–Crippen MR) is 74.4 cm³/mol. The van der Waals surface area contributed by atoms with Crippen molar-refractivity contribution in [2.24, 2.45) is 10.7 Å². The van der Waals surface area contributed by atoms with Crippen molar-refractivity contribution in [3.63, 3.8) is 0 Å². The summed E-state index contributed by atoms with van der Waals surface area (Å²) in [5.41, 5.74) is 6.41. The maximum Gasteiger partial charge on any atom is 0.246 e. The van der Waals surface area contributed by atoms with Crippen molar-refractivity contribution < 1.29 is 4.79 Å². The third kappa shape index (κ3) is 5.34. The van der Waals surface area contributed by atoms with Gasteiger partial charge in [-0.15, -0.1) is 0 Å². The lowest BCUT2D eigenvalue weighted by Crippen LogP contribution is -2.38. The zero-order chi connectivity index (χ0) is 13.4. The van der Waals surface area contributed by atoms with Gasteiger partial charge < -0.3 is 16.4 Å². The van der Waals surface area contributed by atoms with Gasteiger partial charge in [0, 0.05) is 11.7 Å². The van der Waals surface area contributed by atoms with Gasteiger partial charge in [-0.1, -0.05) is 25.1 Å². The van der Waals surface area contributed by atoms with Crippen LogP contribution in [0.2, 0.25) is 0 Å². The molecule has 0 radical (unpaired) electrons. The van der Waals surface area contributed by atoms with Crippen molar-refractivity contribution in [3.05, 3.63) is 30.3 Å². The van der Waals surface area contributed by atoms with Crippen LogP contribution in [0.5, 0.6) is 0 Å². The maximum absolute atomic E-state index is 11.6. The molecule has 1 amide bonds. The molecule has 0 bridgehead atoms. The molecular formula is C13H20N4O. The van der Waals surface area contributed by atoms with Gasteiger partial charge in [-0.2, -0.15) is 0 Å². The summed E-state index contributed by atoms with van der Waals surface area (Å²) in [5.74, 6) is 0.114. The van der Waals surface area contributed by atoms with Crippen LogP contribution in [0.4, 0.5) is 5.69 Å². The highest BCUT2D eigenvalue weighted by Crippen LogP contribution is 2.04. The lowest BCUT2D eigenvalue weighted by atomic mass is 10.3. The molecule has 0 aliphatic carbocycles. The number of carbonyl (C=O) groups is 1. The third-order valence-corrected chi connectivity index (χ3v) is 2.46. The van der Waals surface area contributed by atoms with E-state index in [-0.39, 0.29) is 18.5 Å². The largest absolute Gasteiger partial charge is 0.370 e. The second-order valence-corrected chi connectivity index (χ2v) is 4.07. The van der Waals surface area contributed by atoms with E-state index in [1.807, 2.05) is 44.2 Å². The van der Waals surface area contributed by atoms with Crippen LogP contribution in [0.1, 0.15) is 20.3 Å². The highest BCUT2D eigenvalue weighted by atomic mass is 16.1. The summed E-state index contributed by atoms with van der Waals surface area (Å²) in [5, 5.41) is 5.73. The van der Waals surface area contributed by atoms with E-state index < -0.39 is 0 Å². The third-order valence-electron chi connectivity index (χ3n) is 2.46. The number of nitrogens with two attached hydrogens (primary N) is 1. The molecule has 0 saturated carbocycles. The Morgan fingerprint density at radius 1 is 1.39 bits per heavy atom. The Kier molecular flexibility index (Phi) is 5.70. The lowest BCUT2D eigenvalue weighted by molar-refractivity contribution is -0.114. The van der Waals surface area contributed by atoms with Crippen LogP contribution >= 0.6 is 0 Å². The Morgan fingerprint density at radius 2 is 2.06 bits per heavy atom. The summed E-state index contributed by atoms with van der Waals surface area (Å²) >= 11 is 0. The van der Waals surface area contributed by atoms with Crippen molar-refractivity contribution in [3.8, 4) is 0 Å². The first kappa shape index (κ1) is 14.0. The Morgan fingerprint density at radius 3 is 2.67 bits per heavy atom. The Bertz CT molecular complexity index is 403. The van der Waals surface area contributed by atoms with E-state index in [1.165, 1.54) is 0 Å². The van der Waals surface area contributed by atoms with E-state index in [4.69, 9.17) is 5.73 Å². The predicted octanol–water partition coefficient (Wildman–Crippen LogP) is 1.33. The second-order valence-electron chi connectivity index (χ2n) is 4.07. The van der Waals surface area contributed by atoms with Crippen LogP contribution in [0.25, 0.3) is 0 Å². The number of guanidine groups is 1. The molecule has 5 heteroatoms. The number of hydrogen-bond donors (Lipinski definition) is 3. The average Bonchev–Trinajstić information content (AvgIpc) is 2.37. The quantitative estimate of drug-likeness (QED) is 0.543. The molecule has 1 atom stereocenters. The van der Waals surface area contributed by atoms with Crippen molar-refractivity contribution in [1.82, 2.24) is 5.32 Å². The number of nitrogens with one attached hydrogen (secondary N) is 2. The lowest BCUT2D eigenvalue weighted by Gasteiger charge is -2.11. The second kappa shape index (κ2) is 7.32. The van der Waals surface area contributed by atoms with Crippen molar-refractivity contribution >= 4 is 17.6 Å². The van der Waals surface area contributed by atoms with E-state index in [0.717, 1.165) is 12.1 Å². The SMILES string of the molecule is CCC(C)NC(N)=NCC(=O)Nc1ccccc1. The van der Waals surface area contributed by atoms with Gasteiger partial charge in [0.05, 0.1) is 0 Å². The molecule has 0 aromatic heterocycles. The number of carbonyl (C=O) groups excluding carboxylic acids is 1. The molecule has 4 N–H and O–H groups in total. The van der Waals surface area contributed by atoms with Crippen LogP contribution in [-0.4, -0.2) is 24.5 Å². The average molecular weight is 248 g/mol. The number of benzene rings is 1. The minimum atomic E-state index is -0.185. The molecule has 0 fully saturated rings.